The Morgan fingerprint density at radius 1 is 0.542 bits per heavy atom. The number of ether oxygens (including phenoxy) is 2. The number of nitrogens with zero attached hydrogens (tertiary/aromatic N) is 2. The molecule has 8 heteroatoms. The van der Waals surface area contributed by atoms with Gasteiger partial charge in [0.1, 0.15) is 36.4 Å². The predicted octanol–water partition coefficient (Wildman–Crippen LogP) is 6.54. The van der Waals surface area contributed by atoms with Crippen molar-refractivity contribution in [3.8, 4) is 11.5 Å². The summed E-state index contributed by atoms with van der Waals surface area (Å²) in [5.74, 6) is 3.37. The number of rotatable bonds is 13. The predicted molar refractivity (Wildman–Crippen MR) is 192 cm³/mol. The Kier molecular flexibility index (Phi) is 11.1. The molecule has 48 heavy (non-hydrogen) atoms. The summed E-state index contributed by atoms with van der Waals surface area (Å²) in [5, 5.41) is 15.1. The molecule has 0 atom stereocenters. The van der Waals surface area contributed by atoms with Crippen LogP contribution in [0.2, 0.25) is 0 Å². The molecule has 2 heterocycles. The molecule has 2 saturated heterocycles. The van der Waals surface area contributed by atoms with Gasteiger partial charge in [0, 0.05) is 24.2 Å². The highest BCUT2D eigenvalue weighted by atomic mass is 16.5. The highest BCUT2D eigenvalue weighted by Crippen LogP contribution is 2.33. The van der Waals surface area contributed by atoms with Crippen LogP contribution in [0.4, 0.5) is 0 Å². The van der Waals surface area contributed by atoms with Crippen LogP contribution in [0.5, 0.6) is 11.5 Å². The molecular formula is C40H48N6O2. The van der Waals surface area contributed by atoms with E-state index < -0.39 is 0 Å². The lowest BCUT2D eigenvalue weighted by Gasteiger charge is -2.40. The quantitative estimate of drug-likeness (QED) is 0.0968. The molecule has 0 amide bonds. The second kappa shape index (κ2) is 16.0. The summed E-state index contributed by atoms with van der Waals surface area (Å²) in [6, 6.07) is 32.2. The van der Waals surface area contributed by atoms with E-state index in [-0.39, 0.29) is 11.7 Å². The van der Waals surface area contributed by atoms with Gasteiger partial charge in [-0.2, -0.15) is 0 Å². The molecule has 0 aliphatic carbocycles. The Balaban J connectivity index is 0.901. The second-order valence-corrected chi connectivity index (χ2v) is 13.3. The summed E-state index contributed by atoms with van der Waals surface area (Å²) in [6.07, 6.45) is 5.18. The van der Waals surface area contributed by atoms with Gasteiger partial charge in [-0.3, -0.25) is 20.6 Å². The number of piperidine rings is 2. The van der Waals surface area contributed by atoms with Crippen molar-refractivity contribution in [3.05, 3.63) is 130 Å². The maximum atomic E-state index is 7.54. The highest BCUT2D eigenvalue weighted by Gasteiger charge is 2.29. The number of nitrogens with one attached hydrogen (secondary N) is 2. The lowest BCUT2D eigenvalue weighted by atomic mass is 9.78. The van der Waals surface area contributed by atoms with Gasteiger partial charge in [0.2, 0.25) is 0 Å². The zero-order valence-corrected chi connectivity index (χ0v) is 27.7. The SMILES string of the molecule is N=C(N)c1ccc(OCc2cccc(CN3CCC(C4CCN(Cc5cccc(COc6ccc(C(=N)N)cc6)c5)CC4)CC3)c2)cc1. The van der Waals surface area contributed by atoms with Crippen LogP contribution < -0.4 is 20.9 Å². The summed E-state index contributed by atoms with van der Waals surface area (Å²) >= 11 is 0. The number of nitrogens with two attached hydrogens (primary N) is 2. The van der Waals surface area contributed by atoms with E-state index in [0.29, 0.717) is 24.3 Å². The van der Waals surface area contributed by atoms with Crippen molar-refractivity contribution >= 4 is 11.7 Å². The first-order valence-electron chi connectivity index (χ1n) is 17.1. The Morgan fingerprint density at radius 2 is 0.896 bits per heavy atom. The fraction of sp³-hybridized carbons (Fsp3) is 0.350. The normalized spacial score (nSPS) is 16.4. The van der Waals surface area contributed by atoms with E-state index in [2.05, 4.69) is 58.3 Å². The smallest absolute Gasteiger partial charge is 0.122 e. The minimum Gasteiger partial charge on any atom is -0.489 e. The van der Waals surface area contributed by atoms with Crippen LogP contribution in [0, 0.1) is 22.7 Å². The fourth-order valence-corrected chi connectivity index (χ4v) is 7.11. The van der Waals surface area contributed by atoms with E-state index in [1.807, 2.05) is 48.5 Å². The van der Waals surface area contributed by atoms with E-state index in [4.69, 9.17) is 31.8 Å². The molecule has 0 spiro atoms. The van der Waals surface area contributed by atoms with Gasteiger partial charge in [0.25, 0.3) is 0 Å². The largest absolute Gasteiger partial charge is 0.489 e. The zero-order valence-electron chi connectivity index (χ0n) is 27.7. The Hall–Kier alpha value is -4.66. The van der Waals surface area contributed by atoms with Crippen LogP contribution in [0.15, 0.2) is 97.1 Å². The summed E-state index contributed by atoms with van der Waals surface area (Å²) in [4.78, 5) is 5.23. The van der Waals surface area contributed by atoms with E-state index in [0.717, 1.165) is 36.4 Å². The minimum absolute atomic E-state index is 0.0667. The average Bonchev–Trinajstić information content (AvgIpc) is 3.11. The van der Waals surface area contributed by atoms with Crippen LogP contribution in [0.1, 0.15) is 59.1 Å². The van der Waals surface area contributed by atoms with Gasteiger partial charge >= 0.3 is 0 Å². The van der Waals surface area contributed by atoms with Crippen LogP contribution in [-0.4, -0.2) is 47.7 Å². The molecule has 0 saturated carbocycles. The zero-order chi connectivity index (χ0) is 33.3. The van der Waals surface area contributed by atoms with Gasteiger partial charge in [-0.15, -0.1) is 0 Å². The van der Waals surface area contributed by atoms with Gasteiger partial charge in [-0.25, -0.2) is 0 Å². The third-order valence-corrected chi connectivity index (χ3v) is 9.87. The molecule has 2 aliphatic rings. The van der Waals surface area contributed by atoms with E-state index in [1.165, 1.54) is 74.1 Å². The number of amidine groups is 2. The molecule has 0 radical (unpaired) electrons. The maximum Gasteiger partial charge on any atom is 0.122 e. The second-order valence-electron chi connectivity index (χ2n) is 13.3. The number of hydrogen-bond donors (Lipinski definition) is 4. The first-order valence-corrected chi connectivity index (χ1v) is 17.1. The number of hydrogen-bond acceptors (Lipinski definition) is 6. The average molecular weight is 645 g/mol. The molecule has 4 aromatic rings. The fourth-order valence-electron chi connectivity index (χ4n) is 7.11. The molecule has 6 N–H and O–H groups in total. The standard InChI is InChI=1S/C40H48N6O2/c41-39(42)35-7-11-37(12-8-35)47-27-31-5-1-3-29(23-31)25-45-19-15-33(16-20-45)34-17-21-46(22-18-34)26-30-4-2-6-32(24-30)28-48-38-13-9-36(10-14-38)40(43)44/h1-14,23-24,33-34H,15-22,25-28H2,(H3,41,42)(H3,43,44). The van der Waals surface area contributed by atoms with Gasteiger partial charge < -0.3 is 20.9 Å². The first-order chi connectivity index (χ1) is 23.4. The van der Waals surface area contributed by atoms with Crippen LogP contribution in [0.25, 0.3) is 0 Å². The van der Waals surface area contributed by atoms with Crippen molar-refractivity contribution in [2.75, 3.05) is 26.2 Å². The van der Waals surface area contributed by atoms with Crippen LogP contribution >= 0.6 is 0 Å². The Bertz CT molecular complexity index is 1530. The maximum absolute atomic E-state index is 7.54. The topological polar surface area (TPSA) is 125 Å². The van der Waals surface area contributed by atoms with Crippen LogP contribution in [-0.2, 0) is 26.3 Å². The van der Waals surface area contributed by atoms with Crippen molar-refractivity contribution in [1.82, 2.24) is 9.80 Å². The molecule has 0 aromatic heterocycles. The minimum atomic E-state index is 0.0667. The first kappa shape index (κ1) is 33.2. The lowest BCUT2D eigenvalue weighted by molar-refractivity contribution is 0.0909. The van der Waals surface area contributed by atoms with Crippen molar-refractivity contribution < 1.29 is 9.47 Å². The molecule has 250 valence electrons. The van der Waals surface area contributed by atoms with Crippen molar-refractivity contribution in [2.45, 2.75) is 52.0 Å². The number of likely N-dealkylation sites (tertiary alicyclic amines) is 2. The lowest BCUT2D eigenvalue weighted by Crippen LogP contribution is -2.40. The Labute approximate surface area is 284 Å². The molecule has 4 aromatic carbocycles. The van der Waals surface area contributed by atoms with Gasteiger partial charge in [-0.1, -0.05) is 48.5 Å². The third kappa shape index (κ3) is 9.24. The third-order valence-electron chi connectivity index (χ3n) is 9.87. The molecule has 2 aliphatic heterocycles. The molecular weight excluding hydrogens is 596 g/mol. The molecule has 8 nitrogen and oxygen atoms in total. The van der Waals surface area contributed by atoms with E-state index >= 15 is 0 Å². The molecule has 0 bridgehead atoms. The monoisotopic (exact) mass is 644 g/mol. The summed E-state index contributed by atoms with van der Waals surface area (Å²) < 4.78 is 12.0. The van der Waals surface area contributed by atoms with E-state index in [1.54, 1.807) is 0 Å². The molecule has 6 rings (SSSR count). The summed E-state index contributed by atoms with van der Waals surface area (Å²) in [6.45, 7) is 7.70. The highest BCUT2D eigenvalue weighted by molar-refractivity contribution is 5.95. The van der Waals surface area contributed by atoms with Crippen molar-refractivity contribution in [3.63, 3.8) is 0 Å². The van der Waals surface area contributed by atoms with Crippen LogP contribution in [0.3, 0.4) is 0 Å². The molecule has 0 unspecified atom stereocenters. The number of benzene rings is 4. The van der Waals surface area contributed by atoms with Crippen molar-refractivity contribution in [1.29, 1.82) is 10.8 Å². The number of nitrogen functional groups attached to an aromatic ring is 2. The van der Waals surface area contributed by atoms with Gasteiger partial charge in [0.05, 0.1) is 0 Å². The Morgan fingerprint density at radius 3 is 1.25 bits per heavy atom. The van der Waals surface area contributed by atoms with Crippen molar-refractivity contribution in [2.24, 2.45) is 23.3 Å². The van der Waals surface area contributed by atoms with Gasteiger partial charge in [0.15, 0.2) is 0 Å². The van der Waals surface area contributed by atoms with Gasteiger partial charge in [-0.05, 0) is 134 Å². The summed E-state index contributed by atoms with van der Waals surface area (Å²) in [5.41, 5.74) is 17.5. The molecule has 2 fully saturated rings. The van der Waals surface area contributed by atoms with E-state index in [9.17, 15) is 0 Å². The summed E-state index contributed by atoms with van der Waals surface area (Å²) in [7, 11) is 0.